The predicted octanol–water partition coefficient (Wildman–Crippen LogP) is 1.81. The standard InChI is InChI=1S/C12H8ClFN2O3/c1-19-12(18)11-10(17)2-3-16(15-11)9-5-7(13)4-8(14)6-9/h2-6H,1H3. The number of carbonyl (C=O) groups excluding carboxylic acids is 1. The van der Waals surface area contributed by atoms with E-state index in [1.165, 1.54) is 23.0 Å². The van der Waals surface area contributed by atoms with Crippen LogP contribution in [0.25, 0.3) is 5.69 Å². The minimum atomic E-state index is -0.859. The molecule has 5 nitrogen and oxygen atoms in total. The Morgan fingerprint density at radius 1 is 1.42 bits per heavy atom. The van der Waals surface area contributed by atoms with Crippen molar-refractivity contribution in [3.05, 3.63) is 57.2 Å². The van der Waals surface area contributed by atoms with Crippen LogP contribution in [-0.2, 0) is 4.74 Å². The Kier molecular flexibility index (Phi) is 3.62. The molecule has 1 aromatic heterocycles. The van der Waals surface area contributed by atoms with Gasteiger partial charge in [0.15, 0.2) is 0 Å². The number of hydrogen-bond donors (Lipinski definition) is 0. The highest BCUT2D eigenvalue weighted by Gasteiger charge is 2.13. The van der Waals surface area contributed by atoms with Crippen molar-refractivity contribution >= 4 is 17.6 Å². The lowest BCUT2D eigenvalue weighted by atomic mass is 10.3. The van der Waals surface area contributed by atoms with Gasteiger partial charge in [0, 0.05) is 17.3 Å². The van der Waals surface area contributed by atoms with Crippen LogP contribution in [0.1, 0.15) is 10.5 Å². The Bertz CT molecular complexity index is 679. The van der Waals surface area contributed by atoms with Crippen LogP contribution in [0.3, 0.4) is 0 Å². The normalized spacial score (nSPS) is 10.3. The number of nitrogens with zero attached hydrogens (tertiary/aromatic N) is 2. The fourth-order valence-electron chi connectivity index (χ4n) is 1.46. The first-order chi connectivity index (χ1) is 9.01. The van der Waals surface area contributed by atoms with Crippen molar-refractivity contribution in [1.82, 2.24) is 9.78 Å². The van der Waals surface area contributed by atoms with Gasteiger partial charge in [0.2, 0.25) is 11.1 Å². The van der Waals surface area contributed by atoms with Crippen LogP contribution < -0.4 is 5.43 Å². The maximum atomic E-state index is 13.2. The van der Waals surface area contributed by atoms with E-state index in [0.29, 0.717) is 0 Å². The van der Waals surface area contributed by atoms with Gasteiger partial charge < -0.3 is 4.74 Å². The second-order valence-corrected chi connectivity index (χ2v) is 4.03. The van der Waals surface area contributed by atoms with Gasteiger partial charge in [-0.1, -0.05) is 11.6 Å². The summed E-state index contributed by atoms with van der Waals surface area (Å²) >= 11 is 5.73. The maximum absolute atomic E-state index is 13.2. The van der Waals surface area contributed by atoms with Crippen LogP contribution in [0, 0.1) is 5.82 Å². The first-order valence-corrected chi connectivity index (χ1v) is 5.54. The van der Waals surface area contributed by atoms with Gasteiger partial charge in [0.05, 0.1) is 12.8 Å². The molecule has 0 aliphatic heterocycles. The number of methoxy groups -OCH3 is 1. The number of halogens is 2. The highest BCUT2D eigenvalue weighted by Crippen LogP contribution is 2.16. The summed E-state index contributed by atoms with van der Waals surface area (Å²) in [5.41, 5.74) is -0.675. The molecule has 0 saturated heterocycles. The third-order valence-electron chi connectivity index (χ3n) is 2.30. The lowest BCUT2D eigenvalue weighted by Crippen LogP contribution is -2.21. The lowest BCUT2D eigenvalue weighted by molar-refractivity contribution is 0.0590. The molecule has 98 valence electrons. The third-order valence-corrected chi connectivity index (χ3v) is 2.52. The van der Waals surface area contributed by atoms with Crippen molar-refractivity contribution < 1.29 is 13.9 Å². The minimum Gasteiger partial charge on any atom is -0.464 e. The fourth-order valence-corrected chi connectivity index (χ4v) is 1.68. The SMILES string of the molecule is COC(=O)c1nn(-c2cc(F)cc(Cl)c2)ccc1=O. The van der Waals surface area contributed by atoms with Crippen LogP contribution in [0.4, 0.5) is 4.39 Å². The van der Waals surface area contributed by atoms with Gasteiger partial charge in [-0.2, -0.15) is 5.10 Å². The van der Waals surface area contributed by atoms with Gasteiger partial charge in [0.25, 0.3) is 0 Å². The van der Waals surface area contributed by atoms with E-state index in [2.05, 4.69) is 9.84 Å². The number of aromatic nitrogens is 2. The Labute approximate surface area is 112 Å². The molecular weight excluding hydrogens is 275 g/mol. The van der Waals surface area contributed by atoms with Gasteiger partial charge in [-0.05, 0) is 18.2 Å². The summed E-state index contributed by atoms with van der Waals surface area (Å²) in [6, 6.07) is 4.89. The fraction of sp³-hybridized carbons (Fsp3) is 0.0833. The Hall–Kier alpha value is -2.21. The first kappa shape index (κ1) is 13.2. The average Bonchev–Trinajstić information content (AvgIpc) is 2.37. The average molecular weight is 283 g/mol. The van der Waals surface area contributed by atoms with E-state index in [9.17, 15) is 14.0 Å². The molecule has 0 saturated carbocycles. The molecule has 0 fully saturated rings. The zero-order valence-electron chi connectivity index (χ0n) is 9.76. The highest BCUT2D eigenvalue weighted by atomic mass is 35.5. The van der Waals surface area contributed by atoms with Crippen LogP contribution in [0.2, 0.25) is 5.02 Å². The third kappa shape index (κ3) is 2.79. The Balaban J connectivity index is 2.57. The molecular formula is C12H8ClFN2O3. The summed E-state index contributed by atoms with van der Waals surface area (Å²) < 4.78 is 18.8. The number of benzene rings is 1. The minimum absolute atomic E-state index is 0.176. The van der Waals surface area contributed by atoms with Crippen LogP contribution >= 0.6 is 11.6 Å². The van der Waals surface area contributed by atoms with Gasteiger partial charge in [-0.15, -0.1) is 0 Å². The lowest BCUT2D eigenvalue weighted by Gasteiger charge is -2.07. The molecule has 0 aliphatic carbocycles. The van der Waals surface area contributed by atoms with E-state index in [0.717, 1.165) is 19.2 Å². The first-order valence-electron chi connectivity index (χ1n) is 5.16. The van der Waals surface area contributed by atoms with Gasteiger partial charge in [0.1, 0.15) is 5.82 Å². The van der Waals surface area contributed by atoms with Crippen molar-refractivity contribution in [2.45, 2.75) is 0 Å². The molecule has 0 spiro atoms. The van der Waals surface area contributed by atoms with Crippen LogP contribution in [-0.4, -0.2) is 22.9 Å². The summed E-state index contributed by atoms with van der Waals surface area (Å²) in [6.07, 6.45) is 1.31. The zero-order valence-corrected chi connectivity index (χ0v) is 10.5. The monoisotopic (exact) mass is 282 g/mol. The number of ether oxygens (including phenoxy) is 1. The van der Waals surface area contributed by atoms with Crippen molar-refractivity contribution in [3.8, 4) is 5.69 Å². The van der Waals surface area contributed by atoms with Crippen molar-refractivity contribution in [2.75, 3.05) is 7.11 Å². The topological polar surface area (TPSA) is 61.2 Å². The van der Waals surface area contributed by atoms with Crippen molar-refractivity contribution in [1.29, 1.82) is 0 Å². The second kappa shape index (κ2) is 5.19. The number of hydrogen-bond acceptors (Lipinski definition) is 4. The number of rotatable bonds is 2. The van der Waals surface area contributed by atoms with E-state index >= 15 is 0 Å². The summed E-state index contributed by atoms with van der Waals surface area (Å²) in [5, 5.41) is 3.98. The van der Waals surface area contributed by atoms with E-state index in [4.69, 9.17) is 11.6 Å². The van der Waals surface area contributed by atoms with Crippen molar-refractivity contribution in [3.63, 3.8) is 0 Å². The molecule has 0 amide bonds. The van der Waals surface area contributed by atoms with Gasteiger partial charge in [-0.25, -0.2) is 13.9 Å². The molecule has 0 radical (unpaired) electrons. The Morgan fingerprint density at radius 3 is 2.79 bits per heavy atom. The molecule has 0 unspecified atom stereocenters. The quantitative estimate of drug-likeness (QED) is 0.788. The molecule has 7 heteroatoms. The number of carbonyl (C=O) groups is 1. The van der Waals surface area contributed by atoms with Crippen molar-refractivity contribution in [2.24, 2.45) is 0 Å². The zero-order chi connectivity index (χ0) is 14.0. The van der Waals surface area contributed by atoms with Crippen LogP contribution in [0.15, 0.2) is 35.3 Å². The molecule has 1 heterocycles. The summed E-state index contributed by atoms with van der Waals surface area (Å²) in [4.78, 5) is 22.8. The van der Waals surface area contributed by atoms with Crippen LogP contribution in [0.5, 0.6) is 0 Å². The molecule has 0 bridgehead atoms. The molecule has 19 heavy (non-hydrogen) atoms. The Morgan fingerprint density at radius 2 is 2.16 bits per heavy atom. The van der Waals surface area contributed by atoms with E-state index in [1.54, 1.807) is 0 Å². The van der Waals surface area contributed by atoms with E-state index < -0.39 is 17.2 Å². The van der Waals surface area contributed by atoms with Gasteiger partial charge in [-0.3, -0.25) is 4.79 Å². The second-order valence-electron chi connectivity index (χ2n) is 3.59. The van der Waals surface area contributed by atoms with E-state index in [-0.39, 0.29) is 16.4 Å². The maximum Gasteiger partial charge on any atom is 0.362 e. The smallest absolute Gasteiger partial charge is 0.362 e. The largest absolute Gasteiger partial charge is 0.464 e. The summed E-state index contributed by atoms with van der Waals surface area (Å²) in [5.74, 6) is -1.41. The highest BCUT2D eigenvalue weighted by molar-refractivity contribution is 6.30. The molecule has 0 atom stereocenters. The predicted molar refractivity (Wildman–Crippen MR) is 66.1 cm³/mol. The van der Waals surface area contributed by atoms with Gasteiger partial charge >= 0.3 is 5.97 Å². The molecule has 0 N–H and O–H groups in total. The molecule has 2 rings (SSSR count). The summed E-state index contributed by atoms with van der Waals surface area (Å²) in [6.45, 7) is 0. The number of esters is 1. The summed E-state index contributed by atoms with van der Waals surface area (Å²) in [7, 11) is 1.14. The molecule has 2 aromatic rings. The molecule has 0 aliphatic rings. The van der Waals surface area contributed by atoms with E-state index in [1.807, 2.05) is 0 Å². The molecule has 1 aromatic carbocycles.